The summed E-state index contributed by atoms with van der Waals surface area (Å²) in [6.07, 6.45) is 0.306. The summed E-state index contributed by atoms with van der Waals surface area (Å²) >= 11 is 0. The molecule has 0 bridgehead atoms. The van der Waals surface area contributed by atoms with E-state index < -0.39 is 0 Å². The first-order valence-electron chi connectivity index (χ1n) is 5.57. The van der Waals surface area contributed by atoms with Crippen LogP contribution in [0.2, 0.25) is 0 Å². The maximum Gasteiger partial charge on any atom is 0.127 e. The Bertz CT molecular complexity index is 515. The molecule has 2 nitrogen and oxygen atoms in total. The summed E-state index contributed by atoms with van der Waals surface area (Å²) in [6, 6.07) is 12.5. The van der Waals surface area contributed by atoms with Gasteiger partial charge in [-0.2, -0.15) is 0 Å². The van der Waals surface area contributed by atoms with Gasteiger partial charge in [-0.25, -0.2) is 0 Å². The SMILES string of the molecule is Cc1cccc2c(OCC3CO3)cccc12. The molecule has 16 heavy (non-hydrogen) atoms. The lowest BCUT2D eigenvalue weighted by molar-refractivity contribution is 0.265. The van der Waals surface area contributed by atoms with Gasteiger partial charge in [0.05, 0.1) is 6.61 Å². The molecular formula is C14H14O2. The van der Waals surface area contributed by atoms with E-state index in [1.54, 1.807) is 0 Å². The number of rotatable bonds is 3. The smallest absolute Gasteiger partial charge is 0.127 e. The minimum absolute atomic E-state index is 0.306. The van der Waals surface area contributed by atoms with E-state index in [9.17, 15) is 0 Å². The molecule has 1 saturated heterocycles. The molecule has 1 atom stereocenters. The molecule has 2 aromatic rings. The first-order chi connectivity index (χ1) is 7.84. The van der Waals surface area contributed by atoms with Crippen LogP contribution in [0, 0.1) is 6.92 Å². The molecule has 0 radical (unpaired) electrons. The van der Waals surface area contributed by atoms with Gasteiger partial charge in [-0.3, -0.25) is 0 Å². The molecule has 1 heterocycles. The van der Waals surface area contributed by atoms with Crippen LogP contribution in [-0.4, -0.2) is 19.3 Å². The van der Waals surface area contributed by atoms with Crippen molar-refractivity contribution in [1.82, 2.24) is 0 Å². The molecule has 0 amide bonds. The average molecular weight is 214 g/mol. The third-order valence-corrected chi connectivity index (χ3v) is 2.93. The number of epoxide rings is 1. The zero-order chi connectivity index (χ0) is 11.0. The van der Waals surface area contributed by atoms with E-state index in [0.29, 0.717) is 12.7 Å². The van der Waals surface area contributed by atoms with Gasteiger partial charge in [-0.05, 0) is 23.9 Å². The molecular weight excluding hydrogens is 200 g/mol. The molecule has 0 N–H and O–H groups in total. The molecule has 3 rings (SSSR count). The van der Waals surface area contributed by atoms with E-state index in [2.05, 4.69) is 31.2 Å². The molecule has 0 aromatic heterocycles. The molecule has 1 unspecified atom stereocenters. The van der Waals surface area contributed by atoms with Crippen LogP contribution in [0.5, 0.6) is 5.75 Å². The third kappa shape index (κ3) is 1.76. The van der Waals surface area contributed by atoms with E-state index in [0.717, 1.165) is 12.4 Å². The van der Waals surface area contributed by atoms with Crippen molar-refractivity contribution < 1.29 is 9.47 Å². The number of aryl methyl sites for hydroxylation is 1. The van der Waals surface area contributed by atoms with Crippen LogP contribution >= 0.6 is 0 Å². The van der Waals surface area contributed by atoms with Crippen LogP contribution in [0.1, 0.15) is 5.56 Å². The number of fused-ring (bicyclic) bond motifs is 1. The predicted octanol–water partition coefficient (Wildman–Crippen LogP) is 2.93. The van der Waals surface area contributed by atoms with Gasteiger partial charge in [-0.15, -0.1) is 0 Å². The van der Waals surface area contributed by atoms with E-state index in [-0.39, 0.29) is 0 Å². The molecule has 1 aliphatic rings. The Morgan fingerprint density at radius 1 is 1.19 bits per heavy atom. The van der Waals surface area contributed by atoms with Crippen molar-refractivity contribution >= 4 is 10.8 Å². The lowest BCUT2D eigenvalue weighted by atomic mass is 10.1. The summed E-state index contributed by atoms with van der Waals surface area (Å²) in [5.41, 5.74) is 1.28. The second kappa shape index (κ2) is 3.80. The van der Waals surface area contributed by atoms with Crippen molar-refractivity contribution in [1.29, 1.82) is 0 Å². The first kappa shape index (κ1) is 9.67. The fourth-order valence-corrected chi connectivity index (χ4v) is 1.91. The Morgan fingerprint density at radius 3 is 2.75 bits per heavy atom. The van der Waals surface area contributed by atoms with Gasteiger partial charge in [0.15, 0.2) is 0 Å². The minimum atomic E-state index is 0.306. The molecule has 82 valence electrons. The lowest BCUT2D eigenvalue weighted by Gasteiger charge is -2.09. The zero-order valence-corrected chi connectivity index (χ0v) is 9.27. The number of hydrogen-bond acceptors (Lipinski definition) is 2. The standard InChI is InChI=1S/C14H14O2/c1-10-4-2-6-13-12(10)5-3-7-14(13)16-9-11-8-15-11/h2-7,11H,8-9H2,1H3. The summed E-state index contributed by atoms with van der Waals surface area (Å²) < 4.78 is 10.9. The molecule has 2 heteroatoms. The van der Waals surface area contributed by atoms with Crippen molar-refractivity contribution in [2.24, 2.45) is 0 Å². The van der Waals surface area contributed by atoms with Crippen LogP contribution in [0.25, 0.3) is 10.8 Å². The Hall–Kier alpha value is -1.54. The van der Waals surface area contributed by atoms with Gasteiger partial charge in [0.1, 0.15) is 18.5 Å². The van der Waals surface area contributed by atoms with E-state index in [4.69, 9.17) is 9.47 Å². The Kier molecular flexibility index (Phi) is 2.29. The van der Waals surface area contributed by atoms with Gasteiger partial charge in [0, 0.05) is 5.39 Å². The largest absolute Gasteiger partial charge is 0.490 e. The van der Waals surface area contributed by atoms with Crippen molar-refractivity contribution in [3.8, 4) is 5.75 Å². The van der Waals surface area contributed by atoms with Gasteiger partial charge in [0.25, 0.3) is 0 Å². The number of ether oxygens (including phenoxy) is 2. The lowest BCUT2D eigenvalue weighted by Crippen LogP contribution is -2.04. The minimum Gasteiger partial charge on any atom is -0.490 e. The van der Waals surface area contributed by atoms with Crippen LogP contribution in [0.4, 0.5) is 0 Å². The quantitative estimate of drug-likeness (QED) is 0.733. The fourth-order valence-electron chi connectivity index (χ4n) is 1.91. The summed E-state index contributed by atoms with van der Waals surface area (Å²) in [5.74, 6) is 0.955. The highest BCUT2D eigenvalue weighted by atomic mass is 16.6. The van der Waals surface area contributed by atoms with Crippen LogP contribution < -0.4 is 4.74 Å². The molecule has 1 aliphatic heterocycles. The third-order valence-electron chi connectivity index (χ3n) is 2.93. The van der Waals surface area contributed by atoms with Crippen molar-refractivity contribution in [3.63, 3.8) is 0 Å². The fraction of sp³-hybridized carbons (Fsp3) is 0.286. The second-order valence-electron chi connectivity index (χ2n) is 4.19. The highest BCUT2D eigenvalue weighted by Gasteiger charge is 2.23. The van der Waals surface area contributed by atoms with Gasteiger partial charge < -0.3 is 9.47 Å². The van der Waals surface area contributed by atoms with E-state index in [1.807, 2.05) is 12.1 Å². The molecule has 0 saturated carbocycles. The maximum atomic E-state index is 5.77. The number of hydrogen-bond donors (Lipinski definition) is 0. The van der Waals surface area contributed by atoms with Gasteiger partial charge >= 0.3 is 0 Å². The second-order valence-corrected chi connectivity index (χ2v) is 4.19. The molecule has 1 fully saturated rings. The number of benzene rings is 2. The van der Waals surface area contributed by atoms with Gasteiger partial charge in [-0.1, -0.05) is 30.3 Å². The maximum absolute atomic E-state index is 5.77. The zero-order valence-electron chi connectivity index (χ0n) is 9.27. The van der Waals surface area contributed by atoms with Crippen molar-refractivity contribution in [2.45, 2.75) is 13.0 Å². The van der Waals surface area contributed by atoms with Crippen LogP contribution in [0.3, 0.4) is 0 Å². The normalized spacial score (nSPS) is 18.7. The summed E-state index contributed by atoms with van der Waals surface area (Å²) in [4.78, 5) is 0. The highest BCUT2D eigenvalue weighted by Crippen LogP contribution is 2.28. The monoisotopic (exact) mass is 214 g/mol. The van der Waals surface area contributed by atoms with Crippen LogP contribution in [0.15, 0.2) is 36.4 Å². The Morgan fingerprint density at radius 2 is 1.94 bits per heavy atom. The highest BCUT2D eigenvalue weighted by molar-refractivity contribution is 5.90. The molecule has 0 aliphatic carbocycles. The summed E-state index contributed by atoms with van der Waals surface area (Å²) in [6.45, 7) is 3.62. The Labute approximate surface area is 94.8 Å². The first-order valence-corrected chi connectivity index (χ1v) is 5.57. The Balaban J connectivity index is 1.99. The molecule has 2 aromatic carbocycles. The topological polar surface area (TPSA) is 21.8 Å². The van der Waals surface area contributed by atoms with Gasteiger partial charge in [0.2, 0.25) is 0 Å². The van der Waals surface area contributed by atoms with E-state index in [1.165, 1.54) is 16.3 Å². The van der Waals surface area contributed by atoms with Crippen molar-refractivity contribution in [3.05, 3.63) is 42.0 Å². The van der Waals surface area contributed by atoms with Crippen LogP contribution in [-0.2, 0) is 4.74 Å². The predicted molar refractivity (Wildman–Crippen MR) is 63.9 cm³/mol. The van der Waals surface area contributed by atoms with E-state index >= 15 is 0 Å². The van der Waals surface area contributed by atoms with Crippen molar-refractivity contribution in [2.75, 3.05) is 13.2 Å². The average Bonchev–Trinajstić information content (AvgIpc) is 3.11. The summed E-state index contributed by atoms with van der Waals surface area (Å²) in [7, 11) is 0. The summed E-state index contributed by atoms with van der Waals surface area (Å²) in [5, 5.41) is 2.44. The molecule has 0 spiro atoms.